The van der Waals surface area contributed by atoms with Crippen molar-refractivity contribution in [1.82, 2.24) is 15.1 Å². The van der Waals surface area contributed by atoms with E-state index in [1.165, 1.54) is 42.5 Å². The van der Waals surface area contributed by atoms with Crippen LogP contribution < -0.4 is 9.62 Å². The molecule has 0 unspecified atom stereocenters. The number of benzene rings is 3. The summed E-state index contributed by atoms with van der Waals surface area (Å²) in [7, 11) is -2.10. The quantitative estimate of drug-likeness (QED) is 0.400. The highest BCUT2D eigenvalue weighted by molar-refractivity contribution is 7.93. The van der Waals surface area contributed by atoms with E-state index in [9.17, 15) is 26.4 Å². The molecule has 2 heterocycles. The van der Waals surface area contributed by atoms with E-state index >= 15 is 0 Å². The van der Waals surface area contributed by atoms with Gasteiger partial charge in [-0.15, -0.1) is 0 Å². The number of hydrogen-bond acceptors (Lipinski definition) is 5. The first-order valence-corrected chi connectivity index (χ1v) is 15.1. The van der Waals surface area contributed by atoms with Gasteiger partial charge in [-0.3, -0.25) is 9.10 Å². The van der Waals surface area contributed by atoms with Crippen molar-refractivity contribution in [2.24, 2.45) is 0 Å². The fourth-order valence-electron chi connectivity index (χ4n) is 5.46. The SMILES string of the molecule is CN1CCN(CCCNC(=O)[C@@H]2Cc3ccccc3N2S(=O)(=O)c2ccc(-c3ccccc3C(F)(F)F)cc2)CC1. The number of fused-ring (bicyclic) bond motifs is 1. The van der Waals surface area contributed by atoms with E-state index < -0.39 is 27.8 Å². The van der Waals surface area contributed by atoms with Gasteiger partial charge in [0.15, 0.2) is 0 Å². The van der Waals surface area contributed by atoms with Gasteiger partial charge in [-0.25, -0.2) is 8.42 Å². The molecule has 2 aliphatic rings. The molecule has 11 heteroatoms. The third kappa shape index (κ3) is 6.27. The Kier molecular flexibility index (Phi) is 8.40. The lowest BCUT2D eigenvalue weighted by molar-refractivity contribution is -0.137. The Morgan fingerprint density at radius 1 is 0.927 bits per heavy atom. The molecule has 1 saturated heterocycles. The summed E-state index contributed by atoms with van der Waals surface area (Å²) >= 11 is 0. The molecule has 0 bridgehead atoms. The molecule has 0 spiro atoms. The van der Waals surface area contributed by atoms with Gasteiger partial charge in [-0.1, -0.05) is 48.5 Å². The fraction of sp³-hybridized carbons (Fsp3) is 0.367. The molecule has 0 aromatic heterocycles. The van der Waals surface area contributed by atoms with E-state index in [1.54, 1.807) is 24.3 Å². The summed E-state index contributed by atoms with van der Waals surface area (Å²) in [6, 6.07) is 16.5. The average Bonchev–Trinajstić information content (AvgIpc) is 3.37. The second kappa shape index (κ2) is 11.8. The molecule has 218 valence electrons. The largest absolute Gasteiger partial charge is 0.417 e. The molecule has 5 rings (SSSR count). The Morgan fingerprint density at radius 3 is 2.29 bits per heavy atom. The number of likely N-dealkylation sites (N-methyl/N-ethyl adjacent to an activating group) is 1. The van der Waals surface area contributed by atoms with Gasteiger partial charge in [0.25, 0.3) is 10.0 Å². The van der Waals surface area contributed by atoms with Gasteiger partial charge >= 0.3 is 6.18 Å². The Morgan fingerprint density at radius 2 is 1.59 bits per heavy atom. The van der Waals surface area contributed by atoms with Crippen LogP contribution in [0.4, 0.5) is 18.9 Å². The molecular formula is C30H33F3N4O3S. The Bertz CT molecular complexity index is 1490. The smallest absolute Gasteiger partial charge is 0.354 e. The molecule has 1 N–H and O–H groups in total. The number of sulfonamides is 1. The standard InChI is InChI=1S/C30H33F3N4O3S/c1-35-17-19-36(20-18-35)16-6-15-34-29(38)28-21-23-7-2-5-10-27(23)37(28)41(39,40)24-13-11-22(12-14-24)25-8-3-4-9-26(25)30(31,32)33/h2-5,7-14,28H,6,15-21H2,1H3,(H,34,38)/t28-/m0/s1. The first-order chi connectivity index (χ1) is 19.6. The number of halogens is 3. The number of carbonyl (C=O) groups excluding carboxylic acids is 1. The number of hydrogen-bond donors (Lipinski definition) is 1. The topological polar surface area (TPSA) is 73.0 Å². The highest BCUT2D eigenvalue weighted by Crippen LogP contribution is 2.39. The van der Waals surface area contributed by atoms with E-state index in [1.807, 2.05) is 0 Å². The summed E-state index contributed by atoms with van der Waals surface area (Å²) < 4.78 is 69.6. The predicted molar refractivity (Wildman–Crippen MR) is 152 cm³/mol. The average molecular weight is 587 g/mol. The van der Waals surface area contributed by atoms with Crippen molar-refractivity contribution in [3.63, 3.8) is 0 Å². The van der Waals surface area contributed by atoms with Crippen LogP contribution in [0.1, 0.15) is 17.5 Å². The Labute approximate surface area is 238 Å². The molecule has 1 atom stereocenters. The number of carbonyl (C=O) groups is 1. The predicted octanol–water partition coefficient (Wildman–Crippen LogP) is 4.25. The number of nitrogens with one attached hydrogen (secondary N) is 1. The molecular weight excluding hydrogens is 553 g/mol. The third-order valence-electron chi connectivity index (χ3n) is 7.73. The number of rotatable bonds is 8. The second-order valence-corrected chi connectivity index (χ2v) is 12.3. The maximum atomic E-state index is 13.9. The second-order valence-electron chi connectivity index (χ2n) is 10.5. The maximum Gasteiger partial charge on any atom is 0.417 e. The van der Waals surface area contributed by atoms with Crippen LogP contribution in [-0.2, 0) is 27.4 Å². The zero-order chi connectivity index (χ0) is 29.2. The van der Waals surface area contributed by atoms with Crippen molar-refractivity contribution in [2.45, 2.75) is 30.0 Å². The zero-order valence-electron chi connectivity index (χ0n) is 22.8. The summed E-state index contributed by atoms with van der Waals surface area (Å²) in [5.74, 6) is -0.376. The van der Waals surface area contributed by atoms with Gasteiger partial charge in [0.2, 0.25) is 5.91 Å². The van der Waals surface area contributed by atoms with Gasteiger partial charge in [0, 0.05) is 39.1 Å². The molecule has 1 fully saturated rings. The number of para-hydroxylation sites is 1. The zero-order valence-corrected chi connectivity index (χ0v) is 23.6. The van der Waals surface area contributed by atoms with Gasteiger partial charge in [0.05, 0.1) is 16.1 Å². The first kappa shape index (κ1) is 29.1. The highest BCUT2D eigenvalue weighted by atomic mass is 32.2. The summed E-state index contributed by atoms with van der Waals surface area (Å²) in [5.41, 5.74) is 0.576. The van der Waals surface area contributed by atoms with Gasteiger partial charge < -0.3 is 15.1 Å². The van der Waals surface area contributed by atoms with Crippen molar-refractivity contribution in [1.29, 1.82) is 0 Å². The molecule has 3 aromatic carbocycles. The van der Waals surface area contributed by atoms with E-state index in [2.05, 4.69) is 22.2 Å². The van der Waals surface area contributed by atoms with E-state index in [0.717, 1.165) is 55.1 Å². The molecule has 0 saturated carbocycles. The molecule has 0 aliphatic carbocycles. The van der Waals surface area contributed by atoms with Crippen LogP contribution in [-0.4, -0.2) is 76.5 Å². The van der Waals surface area contributed by atoms with Crippen molar-refractivity contribution in [3.05, 3.63) is 83.9 Å². The number of piperazine rings is 1. The highest BCUT2D eigenvalue weighted by Gasteiger charge is 2.42. The van der Waals surface area contributed by atoms with Crippen LogP contribution in [0.2, 0.25) is 0 Å². The molecule has 3 aromatic rings. The maximum absolute atomic E-state index is 13.9. The lowest BCUT2D eigenvalue weighted by atomic mass is 9.99. The van der Waals surface area contributed by atoms with Crippen LogP contribution in [0.3, 0.4) is 0 Å². The van der Waals surface area contributed by atoms with Crippen LogP contribution >= 0.6 is 0 Å². The number of nitrogens with zero attached hydrogens (tertiary/aromatic N) is 3. The minimum Gasteiger partial charge on any atom is -0.354 e. The van der Waals surface area contributed by atoms with Crippen LogP contribution in [0.25, 0.3) is 11.1 Å². The minimum atomic E-state index is -4.55. The summed E-state index contributed by atoms with van der Waals surface area (Å²) in [6.45, 7) is 5.26. The lowest BCUT2D eigenvalue weighted by Crippen LogP contribution is -2.49. The van der Waals surface area contributed by atoms with Gasteiger partial charge in [-0.05, 0) is 61.0 Å². The van der Waals surface area contributed by atoms with Crippen LogP contribution in [0, 0.1) is 0 Å². The lowest BCUT2D eigenvalue weighted by Gasteiger charge is -2.32. The van der Waals surface area contributed by atoms with Crippen molar-refractivity contribution in [2.75, 3.05) is 50.6 Å². The van der Waals surface area contributed by atoms with Gasteiger partial charge in [-0.2, -0.15) is 13.2 Å². The van der Waals surface area contributed by atoms with E-state index in [-0.39, 0.29) is 28.4 Å². The molecule has 0 radical (unpaired) electrons. The Hall–Kier alpha value is -3.41. The van der Waals surface area contributed by atoms with Crippen LogP contribution in [0.5, 0.6) is 0 Å². The van der Waals surface area contributed by atoms with E-state index in [0.29, 0.717) is 12.2 Å². The third-order valence-corrected chi connectivity index (χ3v) is 9.57. The molecule has 7 nitrogen and oxygen atoms in total. The first-order valence-electron chi connectivity index (χ1n) is 13.6. The van der Waals surface area contributed by atoms with Crippen LogP contribution in [0.15, 0.2) is 77.7 Å². The number of amides is 1. The molecule has 1 amide bonds. The summed E-state index contributed by atoms with van der Waals surface area (Å²) in [4.78, 5) is 17.9. The minimum absolute atomic E-state index is 0.0377. The summed E-state index contributed by atoms with van der Waals surface area (Å²) in [5, 5.41) is 2.92. The molecule has 41 heavy (non-hydrogen) atoms. The number of anilines is 1. The molecule has 2 aliphatic heterocycles. The monoisotopic (exact) mass is 586 g/mol. The number of alkyl halides is 3. The fourth-order valence-corrected chi connectivity index (χ4v) is 7.11. The summed E-state index contributed by atoms with van der Waals surface area (Å²) in [6.07, 6.45) is -3.56. The van der Waals surface area contributed by atoms with E-state index in [4.69, 9.17) is 0 Å². The van der Waals surface area contributed by atoms with Crippen molar-refractivity contribution >= 4 is 21.6 Å². The van der Waals surface area contributed by atoms with Crippen molar-refractivity contribution < 1.29 is 26.4 Å². The van der Waals surface area contributed by atoms with Crippen molar-refractivity contribution in [3.8, 4) is 11.1 Å². The van der Waals surface area contributed by atoms with Gasteiger partial charge in [0.1, 0.15) is 6.04 Å². The normalized spacial score (nSPS) is 18.3. The Balaban J connectivity index is 1.33.